The summed E-state index contributed by atoms with van der Waals surface area (Å²) in [6.45, 7) is 0. The van der Waals surface area contributed by atoms with Crippen molar-refractivity contribution in [2.45, 2.75) is 12.8 Å². The van der Waals surface area contributed by atoms with Gasteiger partial charge in [-0.3, -0.25) is 9.59 Å². The molecule has 0 atom stereocenters. The second-order valence-corrected chi connectivity index (χ2v) is 2.90. The van der Waals surface area contributed by atoms with Gasteiger partial charge in [0.1, 0.15) is 11.4 Å². The van der Waals surface area contributed by atoms with Crippen LogP contribution in [0.2, 0.25) is 0 Å². The van der Waals surface area contributed by atoms with Crippen molar-refractivity contribution >= 4 is 12.3 Å². The molecule has 0 aliphatic carbocycles. The quantitative estimate of drug-likeness (QED) is 0.729. The number of hydrogen-bond acceptors (Lipinski definition) is 4. The van der Waals surface area contributed by atoms with Gasteiger partial charge in [-0.1, -0.05) is 0 Å². The molecule has 1 aromatic heterocycles. The molecular formula is C10H11NO4. The summed E-state index contributed by atoms with van der Waals surface area (Å²) >= 11 is 0. The number of aromatic nitrogens is 1. The molecule has 0 aliphatic heterocycles. The van der Waals surface area contributed by atoms with Crippen molar-refractivity contribution in [3.05, 3.63) is 23.5 Å². The Morgan fingerprint density at radius 1 is 1.60 bits per heavy atom. The Labute approximate surface area is 86.7 Å². The molecule has 0 aromatic carbocycles. The van der Waals surface area contributed by atoms with Crippen LogP contribution in [0, 0.1) is 0 Å². The molecule has 0 aliphatic rings. The third kappa shape index (κ3) is 3.05. The number of carboxylic acids is 1. The zero-order valence-electron chi connectivity index (χ0n) is 8.27. The maximum absolute atomic E-state index is 10.5. The minimum atomic E-state index is -0.907. The first-order valence-corrected chi connectivity index (χ1v) is 4.38. The van der Waals surface area contributed by atoms with Crippen LogP contribution in [0.3, 0.4) is 0 Å². The number of carbonyl (C=O) groups excluding carboxylic acids is 1. The third-order valence-corrected chi connectivity index (χ3v) is 1.87. The summed E-state index contributed by atoms with van der Waals surface area (Å²) in [5.41, 5.74) is 0.765. The van der Waals surface area contributed by atoms with Crippen LogP contribution < -0.4 is 4.74 Å². The molecule has 1 N–H and O–H groups in total. The molecule has 0 saturated carbocycles. The zero-order chi connectivity index (χ0) is 11.3. The Kier molecular flexibility index (Phi) is 3.79. The van der Waals surface area contributed by atoms with Crippen LogP contribution in [-0.2, 0) is 11.2 Å². The van der Waals surface area contributed by atoms with Crippen LogP contribution in [0.25, 0.3) is 0 Å². The van der Waals surface area contributed by atoms with Crippen molar-refractivity contribution in [1.29, 1.82) is 0 Å². The minimum absolute atomic E-state index is 0.0360. The molecule has 80 valence electrons. The first-order valence-electron chi connectivity index (χ1n) is 4.38. The van der Waals surface area contributed by atoms with E-state index in [0.717, 1.165) is 0 Å². The van der Waals surface area contributed by atoms with Crippen molar-refractivity contribution in [2.75, 3.05) is 7.11 Å². The molecule has 1 rings (SSSR count). The normalized spacial score (nSPS) is 9.67. The van der Waals surface area contributed by atoms with E-state index in [-0.39, 0.29) is 18.5 Å². The van der Waals surface area contributed by atoms with Crippen LogP contribution in [0.4, 0.5) is 0 Å². The number of aryl methyl sites for hydroxylation is 1. The summed E-state index contributed by atoms with van der Waals surface area (Å²) < 4.78 is 5.01. The highest BCUT2D eigenvalue weighted by molar-refractivity contribution is 5.72. The lowest BCUT2D eigenvalue weighted by molar-refractivity contribution is -0.136. The first-order chi connectivity index (χ1) is 7.17. The fraction of sp³-hybridized carbons (Fsp3) is 0.300. The van der Waals surface area contributed by atoms with Crippen molar-refractivity contribution in [2.24, 2.45) is 0 Å². The standard InChI is InChI=1S/C10H11NO4/c1-15-9-4-2-7(6-12)11-8(9)3-5-10(13)14/h2,4,6H,3,5H2,1H3,(H,13,14). The lowest BCUT2D eigenvalue weighted by atomic mass is 10.2. The molecule has 0 amide bonds. The number of ether oxygens (including phenoxy) is 1. The highest BCUT2D eigenvalue weighted by Crippen LogP contribution is 2.17. The van der Waals surface area contributed by atoms with Gasteiger partial charge in [0.25, 0.3) is 0 Å². The summed E-state index contributed by atoms with van der Waals surface area (Å²) in [6, 6.07) is 3.13. The largest absolute Gasteiger partial charge is 0.495 e. The molecule has 0 unspecified atom stereocenters. The van der Waals surface area contributed by atoms with E-state index in [1.54, 1.807) is 6.07 Å². The number of pyridine rings is 1. The van der Waals surface area contributed by atoms with Gasteiger partial charge in [-0.2, -0.15) is 0 Å². The van der Waals surface area contributed by atoms with Gasteiger partial charge >= 0.3 is 5.97 Å². The van der Waals surface area contributed by atoms with Crippen molar-refractivity contribution in [1.82, 2.24) is 4.98 Å². The number of rotatable bonds is 5. The molecule has 15 heavy (non-hydrogen) atoms. The topological polar surface area (TPSA) is 76.5 Å². The van der Waals surface area contributed by atoms with E-state index >= 15 is 0 Å². The lowest BCUT2D eigenvalue weighted by Crippen LogP contribution is -2.03. The van der Waals surface area contributed by atoms with E-state index in [9.17, 15) is 9.59 Å². The van der Waals surface area contributed by atoms with Gasteiger partial charge in [-0.15, -0.1) is 0 Å². The van der Waals surface area contributed by atoms with Gasteiger partial charge in [0.15, 0.2) is 6.29 Å². The Hall–Kier alpha value is -1.91. The van der Waals surface area contributed by atoms with E-state index in [1.165, 1.54) is 13.2 Å². The fourth-order valence-corrected chi connectivity index (χ4v) is 1.16. The predicted molar refractivity (Wildman–Crippen MR) is 52.1 cm³/mol. The summed E-state index contributed by atoms with van der Waals surface area (Å²) in [6.07, 6.45) is 0.829. The average Bonchev–Trinajstić information content (AvgIpc) is 2.25. The van der Waals surface area contributed by atoms with Gasteiger partial charge in [0, 0.05) is 6.42 Å². The van der Waals surface area contributed by atoms with Gasteiger partial charge in [0.05, 0.1) is 19.2 Å². The molecule has 0 saturated heterocycles. The maximum atomic E-state index is 10.5. The van der Waals surface area contributed by atoms with Gasteiger partial charge in [-0.05, 0) is 12.1 Å². The smallest absolute Gasteiger partial charge is 0.303 e. The number of nitrogens with zero attached hydrogens (tertiary/aromatic N) is 1. The van der Waals surface area contributed by atoms with Gasteiger partial charge < -0.3 is 9.84 Å². The summed E-state index contributed by atoms with van der Waals surface area (Å²) in [5, 5.41) is 8.53. The Morgan fingerprint density at radius 3 is 2.87 bits per heavy atom. The van der Waals surface area contributed by atoms with E-state index in [4.69, 9.17) is 9.84 Å². The van der Waals surface area contributed by atoms with Crippen LogP contribution in [0.5, 0.6) is 5.75 Å². The third-order valence-electron chi connectivity index (χ3n) is 1.87. The molecule has 1 heterocycles. The van der Waals surface area contributed by atoms with Gasteiger partial charge in [-0.25, -0.2) is 4.98 Å². The minimum Gasteiger partial charge on any atom is -0.495 e. The van der Waals surface area contributed by atoms with Crippen LogP contribution in [-0.4, -0.2) is 29.5 Å². The molecule has 5 heteroatoms. The van der Waals surface area contributed by atoms with Gasteiger partial charge in [0.2, 0.25) is 0 Å². The fourth-order valence-electron chi connectivity index (χ4n) is 1.16. The molecule has 0 spiro atoms. The van der Waals surface area contributed by atoms with E-state index in [0.29, 0.717) is 17.7 Å². The summed E-state index contributed by atoms with van der Waals surface area (Å²) in [4.78, 5) is 24.8. The number of methoxy groups -OCH3 is 1. The Bertz CT molecular complexity index is 376. The highest BCUT2D eigenvalue weighted by Gasteiger charge is 2.08. The van der Waals surface area contributed by atoms with Crippen LogP contribution in [0.15, 0.2) is 12.1 Å². The highest BCUT2D eigenvalue weighted by atomic mass is 16.5. The number of carbonyl (C=O) groups is 2. The first kappa shape index (κ1) is 11.2. The number of aldehydes is 1. The molecule has 5 nitrogen and oxygen atoms in total. The maximum Gasteiger partial charge on any atom is 0.303 e. The monoisotopic (exact) mass is 209 g/mol. The molecule has 1 aromatic rings. The molecule has 0 fully saturated rings. The van der Waals surface area contributed by atoms with E-state index < -0.39 is 5.97 Å². The zero-order valence-corrected chi connectivity index (χ0v) is 8.27. The SMILES string of the molecule is COc1ccc(C=O)nc1CCC(=O)O. The number of aliphatic carboxylic acids is 1. The predicted octanol–water partition coefficient (Wildman–Crippen LogP) is 0.920. The van der Waals surface area contributed by atoms with Crippen LogP contribution >= 0.6 is 0 Å². The van der Waals surface area contributed by atoms with Crippen LogP contribution in [0.1, 0.15) is 22.6 Å². The van der Waals surface area contributed by atoms with Crippen molar-refractivity contribution in [3.63, 3.8) is 0 Å². The molecular weight excluding hydrogens is 198 g/mol. The number of hydrogen-bond donors (Lipinski definition) is 1. The number of carboxylic acid groups (broad SMARTS) is 1. The second-order valence-electron chi connectivity index (χ2n) is 2.90. The lowest BCUT2D eigenvalue weighted by Gasteiger charge is -2.06. The summed E-state index contributed by atoms with van der Waals surface area (Å²) in [7, 11) is 1.47. The molecule has 0 bridgehead atoms. The van der Waals surface area contributed by atoms with E-state index in [1.807, 2.05) is 0 Å². The average molecular weight is 209 g/mol. The summed E-state index contributed by atoms with van der Waals surface area (Å²) in [5.74, 6) is -0.405. The van der Waals surface area contributed by atoms with Crippen molar-refractivity contribution < 1.29 is 19.4 Å². The van der Waals surface area contributed by atoms with E-state index in [2.05, 4.69) is 4.98 Å². The Balaban J connectivity index is 2.90. The molecule has 0 radical (unpaired) electrons. The van der Waals surface area contributed by atoms with Crippen molar-refractivity contribution in [3.8, 4) is 5.75 Å². The second kappa shape index (κ2) is 5.09. The Morgan fingerprint density at radius 2 is 2.33 bits per heavy atom.